The molecule has 1 aliphatic heterocycles. The fraction of sp³-hybridized carbons (Fsp3) is 0.611. The van der Waals surface area contributed by atoms with E-state index >= 15 is 0 Å². The molecule has 1 amide bonds. The average molecular weight is 369 g/mol. The van der Waals surface area contributed by atoms with Crippen LogP contribution in [0.4, 0.5) is 5.69 Å². The number of nitrogens with zero attached hydrogens (tertiary/aromatic N) is 1. The molecule has 1 atom stereocenters. The summed E-state index contributed by atoms with van der Waals surface area (Å²) in [7, 11) is -0.529. The van der Waals surface area contributed by atoms with Gasteiger partial charge in [-0.1, -0.05) is 13.0 Å². The lowest BCUT2D eigenvalue weighted by Crippen LogP contribution is -3.17. The van der Waals surface area contributed by atoms with E-state index in [-0.39, 0.29) is 16.8 Å². The highest BCUT2D eigenvalue weighted by Crippen LogP contribution is 2.22. The SMILES string of the molecule is Cc1ccc(S(=O)(=O)N(C)C)cc1NC(=O)[C@@H](C)[NH+]1CCC(C)CC1. The molecule has 0 aliphatic carbocycles. The molecule has 0 saturated carbocycles. The molecule has 0 radical (unpaired) electrons. The molecule has 2 N–H and O–H groups in total. The van der Waals surface area contributed by atoms with Crippen molar-refractivity contribution in [3.8, 4) is 0 Å². The van der Waals surface area contributed by atoms with Crippen LogP contribution < -0.4 is 10.2 Å². The number of quaternary nitrogens is 1. The van der Waals surface area contributed by atoms with E-state index in [0.29, 0.717) is 5.69 Å². The van der Waals surface area contributed by atoms with Crippen molar-refractivity contribution < 1.29 is 18.1 Å². The van der Waals surface area contributed by atoms with Gasteiger partial charge in [0.1, 0.15) is 0 Å². The first-order chi connectivity index (χ1) is 11.6. The highest BCUT2D eigenvalue weighted by Gasteiger charge is 2.29. The van der Waals surface area contributed by atoms with Crippen LogP contribution in [-0.4, -0.2) is 51.9 Å². The number of anilines is 1. The molecule has 1 aromatic rings. The third-order valence-electron chi connectivity index (χ3n) is 5.17. The Kier molecular flexibility index (Phi) is 6.24. The van der Waals surface area contributed by atoms with E-state index in [1.54, 1.807) is 18.2 Å². The Labute approximate surface area is 151 Å². The minimum atomic E-state index is -3.52. The van der Waals surface area contributed by atoms with Crippen LogP contribution in [0.5, 0.6) is 0 Å². The molecule has 1 heterocycles. The summed E-state index contributed by atoms with van der Waals surface area (Å²) < 4.78 is 25.8. The number of carbonyl (C=O) groups excluding carboxylic acids is 1. The Morgan fingerprint density at radius 1 is 1.28 bits per heavy atom. The average Bonchev–Trinajstić information content (AvgIpc) is 2.56. The lowest BCUT2D eigenvalue weighted by molar-refractivity contribution is -0.919. The molecule has 0 aromatic heterocycles. The first-order valence-electron chi connectivity index (χ1n) is 8.81. The number of piperidine rings is 1. The summed E-state index contributed by atoms with van der Waals surface area (Å²) in [5.41, 5.74) is 1.41. The highest BCUT2D eigenvalue weighted by atomic mass is 32.2. The first-order valence-corrected chi connectivity index (χ1v) is 10.3. The van der Waals surface area contributed by atoms with E-state index < -0.39 is 10.0 Å². The number of amides is 1. The summed E-state index contributed by atoms with van der Waals surface area (Å²) in [4.78, 5) is 14.1. The Bertz CT molecular complexity index is 723. The maximum absolute atomic E-state index is 12.6. The standard InChI is InChI=1S/C18H29N3O3S/c1-13-8-10-21(11-9-13)15(3)18(22)19-17-12-16(7-6-14(17)2)25(23,24)20(4)5/h6-7,12-13,15H,8-11H2,1-5H3,(H,19,22)/p+1/t15-/m1/s1. The molecule has 25 heavy (non-hydrogen) atoms. The van der Waals surface area contributed by atoms with Gasteiger partial charge >= 0.3 is 0 Å². The van der Waals surface area contributed by atoms with Crippen molar-refractivity contribution in [3.05, 3.63) is 23.8 Å². The second-order valence-electron chi connectivity index (χ2n) is 7.32. The van der Waals surface area contributed by atoms with Gasteiger partial charge < -0.3 is 10.2 Å². The lowest BCUT2D eigenvalue weighted by atomic mass is 9.98. The summed E-state index contributed by atoms with van der Waals surface area (Å²) in [5, 5.41) is 2.93. The zero-order valence-corrected chi connectivity index (χ0v) is 16.6. The quantitative estimate of drug-likeness (QED) is 0.811. The van der Waals surface area contributed by atoms with E-state index in [1.807, 2.05) is 13.8 Å². The van der Waals surface area contributed by atoms with Crippen molar-refractivity contribution in [2.75, 3.05) is 32.5 Å². The van der Waals surface area contributed by atoms with Gasteiger partial charge in [-0.05, 0) is 50.3 Å². The van der Waals surface area contributed by atoms with Crippen LogP contribution >= 0.6 is 0 Å². The fourth-order valence-electron chi connectivity index (χ4n) is 3.10. The van der Waals surface area contributed by atoms with Gasteiger partial charge in [0, 0.05) is 19.8 Å². The van der Waals surface area contributed by atoms with Gasteiger partial charge in [0.25, 0.3) is 5.91 Å². The topological polar surface area (TPSA) is 70.9 Å². The van der Waals surface area contributed by atoms with Crippen molar-refractivity contribution in [2.24, 2.45) is 5.92 Å². The van der Waals surface area contributed by atoms with Gasteiger partial charge in [-0.25, -0.2) is 12.7 Å². The van der Waals surface area contributed by atoms with Crippen molar-refractivity contribution in [2.45, 2.75) is 44.6 Å². The van der Waals surface area contributed by atoms with Crippen LogP contribution in [0.2, 0.25) is 0 Å². The van der Waals surface area contributed by atoms with Crippen molar-refractivity contribution >= 4 is 21.6 Å². The number of benzene rings is 1. The summed E-state index contributed by atoms with van der Waals surface area (Å²) in [6.07, 6.45) is 2.28. The zero-order chi connectivity index (χ0) is 18.8. The number of sulfonamides is 1. The largest absolute Gasteiger partial charge is 0.325 e. The van der Waals surface area contributed by atoms with Gasteiger partial charge in [-0.15, -0.1) is 0 Å². The maximum Gasteiger partial charge on any atom is 0.282 e. The molecule has 0 unspecified atom stereocenters. The summed E-state index contributed by atoms with van der Waals surface area (Å²) in [6, 6.07) is 4.69. The molecular weight excluding hydrogens is 338 g/mol. The second-order valence-corrected chi connectivity index (χ2v) is 9.47. The van der Waals surface area contributed by atoms with E-state index in [1.165, 1.54) is 23.3 Å². The zero-order valence-electron chi connectivity index (χ0n) is 15.8. The predicted octanol–water partition coefficient (Wildman–Crippen LogP) is 0.887. The number of hydrogen-bond acceptors (Lipinski definition) is 3. The summed E-state index contributed by atoms with van der Waals surface area (Å²) >= 11 is 0. The van der Waals surface area contributed by atoms with E-state index in [2.05, 4.69) is 12.2 Å². The summed E-state index contributed by atoms with van der Waals surface area (Å²) in [5.74, 6) is 0.668. The third-order valence-corrected chi connectivity index (χ3v) is 6.98. The Balaban J connectivity index is 2.15. The van der Waals surface area contributed by atoms with Crippen LogP contribution in [0, 0.1) is 12.8 Å². The number of aryl methyl sites for hydroxylation is 1. The van der Waals surface area contributed by atoms with Crippen LogP contribution in [0.25, 0.3) is 0 Å². The van der Waals surface area contributed by atoms with Crippen LogP contribution in [0.3, 0.4) is 0 Å². The third kappa shape index (κ3) is 4.59. The first kappa shape index (κ1) is 19.9. The van der Waals surface area contributed by atoms with Crippen LogP contribution in [0.1, 0.15) is 32.3 Å². The molecular formula is C18H30N3O3S+. The molecule has 1 saturated heterocycles. The minimum absolute atomic E-state index is 0.0629. The van der Waals surface area contributed by atoms with Crippen molar-refractivity contribution in [1.29, 1.82) is 0 Å². The van der Waals surface area contributed by atoms with Crippen LogP contribution in [0.15, 0.2) is 23.1 Å². The van der Waals surface area contributed by atoms with Crippen LogP contribution in [-0.2, 0) is 14.8 Å². The molecule has 1 aliphatic rings. The van der Waals surface area contributed by atoms with Gasteiger partial charge in [0.15, 0.2) is 6.04 Å². The number of carbonyl (C=O) groups is 1. The normalized spacial score (nSPS) is 22.6. The minimum Gasteiger partial charge on any atom is -0.325 e. The Morgan fingerprint density at radius 2 is 1.88 bits per heavy atom. The maximum atomic E-state index is 12.6. The molecule has 1 fully saturated rings. The molecule has 2 rings (SSSR count). The smallest absolute Gasteiger partial charge is 0.282 e. The van der Waals surface area contributed by atoms with Crippen molar-refractivity contribution in [3.63, 3.8) is 0 Å². The van der Waals surface area contributed by atoms with E-state index in [4.69, 9.17) is 0 Å². The Morgan fingerprint density at radius 3 is 2.44 bits per heavy atom. The number of rotatable bonds is 5. The van der Waals surface area contributed by atoms with Gasteiger partial charge in [0.05, 0.1) is 18.0 Å². The second kappa shape index (κ2) is 7.85. The predicted molar refractivity (Wildman–Crippen MR) is 99.2 cm³/mol. The molecule has 140 valence electrons. The highest BCUT2D eigenvalue weighted by molar-refractivity contribution is 7.89. The molecule has 0 spiro atoms. The molecule has 7 heteroatoms. The molecule has 0 bridgehead atoms. The number of hydrogen-bond donors (Lipinski definition) is 2. The number of likely N-dealkylation sites (tertiary alicyclic amines) is 1. The van der Waals surface area contributed by atoms with Gasteiger partial charge in [0.2, 0.25) is 10.0 Å². The van der Waals surface area contributed by atoms with E-state index in [0.717, 1.165) is 37.4 Å². The molecule has 1 aromatic carbocycles. The summed E-state index contributed by atoms with van der Waals surface area (Å²) in [6.45, 7) is 8.06. The molecule has 6 nitrogen and oxygen atoms in total. The van der Waals surface area contributed by atoms with Gasteiger partial charge in [-0.3, -0.25) is 4.79 Å². The van der Waals surface area contributed by atoms with Crippen molar-refractivity contribution in [1.82, 2.24) is 4.31 Å². The number of nitrogens with one attached hydrogen (secondary N) is 2. The lowest BCUT2D eigenvalue weighted by Gasteiger charge is -2.31. The Hall–Kier alpha value is -1.44. The van der Waals surface area contributed by atoms with Gasteiger partial charge in [-0.2, -0.15) is 0 Å². The fourth-order valence-corrected chi connectivity index (χ4v) is 4.03. The monoisotopic (exact) mass is 368 g/mol. The van der Waals surface area contributed by atoms with E-state index in [9.17, 15) is 13.2 Å².